The minimum absolute atomic E-state index is 0.122. The van der Waals surface area contributed by atoms with Gasteiger partial charge in [-0.1, -0.05) is 29.8 Å². The van der Waals surface area contributed by atoms with Gasteiger partial charge in [0.15, 0.2) is 5.41 Å². The molecule has 1 N–H and O–H groups in total. The van der Waals surface area contributed by atoms with Gasteiger partial charge in [-0.15, -0.1) is 0 Å². The average Bonchev–Trinajstić information content (AvgIpc) is 2.27. The predicted octanol–water partition coefficient (Wildman–Crippen LogP) is 1.80. The first kappa shape index (κ1) is 13.2. The highest BCUT2D eigenvalue weighted by atomic mass is 16.5. The maximum Gasteiger partial charge on any atom is 0.323 e. The van der Waals surface area contributed by atoms with E-state index < -0.39 is 17.4 Å². The van der Waals surface area contributed by atoms with Crippen molar-refractivity contribution in [2.24, 2.45) is 5.41 Å². The SMILES string of the molecule is COC(=O)C(C)(Cc1cccc(C)c1)C(=O)O. The molecule has 1 aromatic rings. The Balaban J connectivity index is 3.03. The van der Waals surface area contributed by atoms with Gasteiger partial charge >= 0.3 is 11.9 Å². The number of carboxylic acids is 1. The van der Waals surface area contributed by atoms with E-state index in [1.807, 2.05) is 25.1 Å². The van der Waals surface area contributed by atoms with Crippen molar-refractivity contribution in [1.29, 1.82) is 0 Å². The smallest absolute Gasteiger partial charge is 0.323 e. The second kappa shape index (κ2) is 4.99. The van der Waals surface area contributed by atoms with E-state index in [-0.39, 0.29) is 6.42 Å². The summed E-state index contributed by atoms with van der Waals surface area (Å²) in [6.07, 6.45) is 0.122. The molecule has 4 heteroatoms. The molecular formula is C13H16O4. The molecule has 1 rings (SSSR count). The van der Waals surface area contributed by atoms with Gasteiger partial charge in [-0.3, -0.25) is 9.59 Å². The number of methoxy groups -OCH3 is 1. The molecule has 0 aliphatic heterocycles. The largest absolute Gasteiger partial charge is 0.480 e. The molecule has 17 heavy (non-hydrogen) atoms. The maximum atomic E-state index is 11.6. The summed E-state index contributed by atoms with van der Waals surface area (Å²) in [5, 5.41) is 9.16. The van der Waals surface area contributed by atoms with Gasteiger partial charge in [0.25, 0.3) is 0 Å². The molecule has 0 amide bonds. The molecule has 0 saturated heterocycles. The Hall–Kier alpha value is -1.84. The van der Waals surface area contributed by atoms with Crippen molar-refractivity contribution < 1.29 is 19.4 Å². The minimum Gasteiger partial charge on any atom is -0.480 e. The number of ether oxygens (including phenoxy) is 1. The van der Waals surface area contributed by atoms with Crippen molar-refractivity contribution >= 4 is 11.9 Å². The minimum atomic E-state index is -1.54. The van der Waals surface area contributed by atoms with Crippen LogP contribution in [-0.4, -0.2) is 24.2 Å². The monoisotopic (exact) mass is 236 g/mol. The molecule has 0 aliphatic carbocycles. The molecule has 0 fully saturated rings. The van der Waals surface area contributed by atoms with Crippen molar-refractivity contribution in [3.63, 3.8) is 0 Å². The summed E-state index contributed by atoms with van der Waals surface area (Å²) in [6, 6.07) is 7.42. The second-order valence-corrected chi connectivity index (χ2v) is 4.29. The van der Waals surface area contributed by atoms with Gasteiger partial charge in [0.2, 0.25) is 0 Å². The molecule has 0 aromatic heterocycles. The van der Waals surface area contributed by atoms with Crippen LogP contribution < -0.4 is 0 Å². The Bertz CT molecular complexity index is 439. The van der Waals surface area contributed by atoms with Crippen LogP contribution >= 0.6 is 0 Å². The van der Waals surface area contributed by atoms with Crippen LogP contribution in [0.5, 0.6) is 0 Å². The van der Waals surface area contributed by atoms with Crippen molar-refractivity contribution in [3.05, 3.63) is 35.4 Å². The highest BCUT2D eigenvalue weighted by molar-refractivity contribution is 5.98. The van der Waals surface area contributed by atoms with Crippen LogP contribution in [0, 0.1) is 12.3 Å². The first-order chi connectivity index (χ1) is 7.90. The first-order valence-corrected chi connectivity index (χ1v) is 5.27. The Kier molecular flexibility index (Phi) is 3.89. The zero-order valence-electron chi connectivity index (χ0n) is 10.2. The summed E-state index contributed by atoms with van der Waals surface area (Å²) < 4.78 is 4.56. The van der Waals surface area contributed by atoms with Gasteiger partial charge in [0, 0.05) is 0 Å². The van der Waals surface area contributed by atoms with E-state index in [9.17, 15) is 9.59 Å². The normalized spacial score (nSPS) is 13.8. The number of benzene rings is 1. The highest BCUT2D eigenvalue weighted by Crippen LogP contribution is 2.25. The molecule has 0 bridgehead atoms. The zero-order valence-corrected chi connectivity index (χ0v) is 10.2. The number of carbonyl (C=O) groups is 2. The lowest BCUT2D eigenvalue weighted by atomic mass is 9.83. The third-order valence-corrected chi connectivity index (χ3v) is 2.75. The number of aryl methyl sites for hydroxylation is 1. The lowest BCUT2D eigenvalue weighted by Gasteiger charge is -2.21. The van der Waals surface area contributed by atoms with Crippen LogP contribution in [0.25, 0.3) is 0 Å². The number of carboxylic acid groups (broad SMARTS) is 1. The van der Waals surface area contributed by atoms with E-state index in [2.05, 4.69) is 4.74 Å². The third kappa shape index (κ3) is 2.84. The fourth-order valence-corrected chi connectivity index (χ4v) is 1.69. The van der Waals surface area contributed by atoms with Gasteiger partial charge in [-0.05, 0) is 25.8 Å². The molecule has 1 atom stereocenters. The molecule has 0 aliphatic rings. The summed E-state index contributed by atoms with van der Waals surface area (Å²) >= 11 is 0. The highest BCUT2D eigenvalue weighted by Gasteiger charge is 2.42. The van der Waals surface area contributed by atoms with E-state index in [4.69, 9.17) is 5.11 Å². The number of hydrogen-bond donors (Lipinski definition) is 1. The number of rotatable bonds is 4. The average molecular weight is 236 g/mol. The summed E-state index contributed by atoms with van der Waals surface area (Å²) in [6.45, 7) is 3.29. The molecular weight excluding hydrogens is 220 g/mol. The van der Waals surface area contributed by atoms with Crippen molar-refractivity contribution in [1.82, 2.24) is 0 Å². The van der Waals surface area contributed by atoms with Gasteiger partial charge in [-0.25, -0.2) is 0 Å². The molecule has 92 valence electrons. The Morgan fingerprint density at radius 1 is 1.41 bits per heavy atom. The fraction of sp³-hybridized carbons (Fsp3) is 0.385. The van der Waals surface area contributed by atoms with E-state index in [0.717, 1.165) is 11.1 Å². The molecule has 0 heterocycles. The molecule has 1 aromatic carbocycles. The van der Waals surface area contributed by atoms with Crippen LogP contribution in [0.15, 0.2) is 24.3 Å². The molecule has 0 saturated carbocycles. The van der Waals surface area contributed by atoms with Crippen LogP contribution in [0.4, 0.5) is 0 Å². The Labute approximate surface area is 100 Å². The first-order valence-electron chi connectivity index (χ1n) is 5.27. The summed E-state index contributed by atoms with van der Waals surface area (Å²) in [5.74, 6) is -1.91. The van der Waals surface area contributed by atoms with E-state index in [1.54, 1.807) is 6.07 Å². The summed E-state index contributed by atoms with van der Waals surface area (Å²) in [7, 11) is 1.19. The standard InChI is InChI=1S/C13H16O4/c1-9-5-4-6-10(7-9)8-13(2,11(14)15)12(16)17-3/h4-7H,8H2,1-3H3,(H,14,15). The van der Waals surface area contributed by atoms with Gasteiger partial charge in [-0.2, -0.15) is 0 Å². The number of aliphatic carboxylic acids is 1. The summed E-state index contributed by atoms with van der Waals surface area (Å²) in [5.41, 5.74) is 0.295. The quantitative estimate of drug-likeness (QED) is 0.639. The van der Waals surface area contributed by atoms with Crippen LogP contribution in [0.3, 0.4) is 0 Å². The van der Waals surface area contributed by atoms with Gasteiger partial charge < -0.3 is 9.84 Å². The number of hydrogen-bond acceptors (Lipinski definition) is 3. The fourth-order valence-electron chi connectivity index (χ4n) is 1.69. The van der Waals surface area contributed by atoms with Crippen molar-refractivity contribution in [3.8, 4) is 0 Å². The van der Waals surface area contributed by atoms with E-state index in [0.29, 0.717) is 0 Å². The molecule has 0 radical (unpaired) electrons. The lowest BCUT2D eigenvalue weighted by molar-refractivity contribution is -0.165. The van der Waals surface area contributed by atoms with Crippen LogP contribution in [0.2, 0.25) is 0 Å². The van der Waals surface area contributed by atoms with E-state index >= 15 is 0 Å². The van der Waals surface area contributed by atoms with Crippen LogP contribution in [-0.2, 0) is 20.7 Å². The third-order valence-electron chi connectivity index (χ3n) is 2.75. The summed E-state index contributed by atoms with van der Waals surface area (Å²) in [4.78, 5) is 22.8. The van der Waals surface area contributed by atoms with Gasteiger partial charge in [0.05, 0.1) is 7.11 Å². The maximum absolute atomic E-state index is 11.6. The van der Waals surface area contributed by atoms with E-state index in [1.165, 1.54) is 14.0 Å². The molecule has 0 spiro atoms. The Morgan fingerprint density at radius 2 is 2.06 bits per heavy atom. The number of carbonyl (C=O) groups excluding carboxylic acids is 1. The van der Waals surface area contributed by atoms with Crippen LogP contribution in [0.1, 0.15) is 18.1 Å². The lowest BCUT2D eigenvalue weighted by Crippen LogP contribution is -2.39. The Morgan fingerprint density at radius 3 is 2.53 bits per heavy atom. The number of esters is 1. The predicted molar refractivity (Wildman–Crippen MR) is 62.6 cm³/mol. The zero-order chi connectivity index (χ0) is 13.1. The van der Waals surface area contributed by atoms with Crippen molar-refractivity contribution in [2.75, 3.05) is 7.11 Å². The topological polar surface area (TPSA) is 63.6 Å². The molecule has 4 nitrogen and oxygen atoms in total. The molecule has 1 unspecified atom stereocenters. The van der Waals surface area contributed by atoms with Crippen molar-refractivity contribution in [2.45, 2.75) is 20.3 Å². The second-order valence-electron chi connectivity index (χ2n) is 4.29. The van der Waals surface area contributed by atoms with Gasteiger partial charge in [0.1, 0.15) is 0 Å².